The largest absolute Gasteiger partial charge is 0.278 e. The Bertz CT molecular complexity index is 748. The van der Waals surface area contributed by atoms with Crippen molar-refractivity contribution in [3.63, 3.8) is 0 Å². The number of alkyl halides is 1. The highest BCUT2D eigenvalue weighted by Crippen LogP contribution is 2.27. The molecule has 21 heavy (non-hydrogen) atoms. The second-order valence-electron chi connectivity index (χ2n) is 4.76. The second kappa shape index (κ2) is 6.00. The zero-order valence-electron chi connectivity index (χ0n) is 11.4. The van der Waals surface area contributed by atoms with Gasteiger partial charge < -0.3 is 0 Å². The monoisotopic (exact) mass is 361 g/mol. The Morgan fingerprint density at radius 2 is 1.86 bits per heavy atom. The molecule has 0 saturated carbocycles. The first-order valence-electron chi connectivity index (χ1n) is 6.52. The van der Waals surface area contributed by atoms with Crippen LogP contribution in [-0.2, 0) is 5.33 Å². The van der Waals surface area contributed by atoms with E-state index in [1.165, 1.54) is 0 Å². The normalized spacial score (nSPS) is 10.8. The Morgan fingerprint density at radius 3 is 2.52 bits per heavy atom. The van der Waals surface area contributed by atoms with Crippen molar-refractivity contribution in [2.45, 2.75) is 12.3 Å². The Hall–Kier alpha value is -1.65. The van der Waals surface area contributed by atoms with Gasteiger partial charge in [-0.15, -0.1) is 10.2 Å². The fourth-order valence-corrected chi connectivity index (χ4v) is 2.96. The van der Waals surface area contributed by atoms with Crippen LogP contribution in [0.25, 0.3) is 17.1 Å². The van der Waals surface area contributed by atoms with E-state index in [1.807, 2.05) is 54.0 Å². The lowest BCUT2D eigenvalue weighted by Crippen LogP contribution is -2.01. The molecule has 0 atom stereocenters. The molecule has 5 heteroatoms. The molecule has 0 saturated heterocycles. The van der Waals surface area contributed by atoms with E-state index in [1.54, 1.807) is 0 Å². The lowest BCUT2D eigenvalue weighted by atomic mass is 10.1. The molecule has 1 aromatic heterocycles. The van der Waals surface area contributed by atoms with E-state index in [0.29, 0.717) is 10.4 Å². The molecule has 3 aromatic rings. The van der Waals surface area contributed by atoms with E-state index >= 15 is 0 Å². The first-order valence-corrected chi connectivity index (χ1v) is 8.02. The number of hydrogen-bond donors (Lipinski definition) is 0. The van der Waals surface area contributed by atoms with E-state index in [2.05, 4.69) is 32.2 Å². The van der Waals surface area contributed by atoms with Crippen LogP contribution in [0.1, 0.15) is 11.4 Å². The van der Waals surface area contributed by atoms with Gasteiger partial charge in [-0.25, -0.2) is 0 Å². The molecule has 106 valence electrons. The predicted molar refractivity (Wildman–Crippen MR) is 89.2 cm³/mol. The van der Waals surface area contributed by atoms with Gasteiger partial charge in [0.2, 0.25) is 0 Å². The van der Waals surface area contributed by atoms with Crippen LogP contribution in [-0.4, -0.2) is 14.8 Å². The van der Waals surface area contributed by atoms with Crippen molar-refractivity contribution in [3.8, 4) is 17.1 Å². The zero-order chi connectivity index (χ0) is 14.8. The summed E-state index contributed by atoms with van der Waals surface area (Å²) < 4.78 is 2.04. The van der Waals surface area contributed by atoms with Crippen LogP contribution in [0.2, 0.25) is 5.02 Å². The molecule has 3 rings (SSSR count). The second-order valence-corrected chi connectivity index (χ2v) is 5.76. The minimum Gasteiger partial charge on any atom is -0.278 e. The van der Waals surface area contributed by atoms with Crippen LogP contribution in [0.4, 0.5) is 0 Å². The molecule has 0 fully saturated rings. The quantitative estimate of drug-likeness (QED) is 0.627. The van der Waals surface area contributed by atoms with Crippen molar-refractivity contribution in [2.24, 2.45) is 0 Å². The molecule has 0 aliphatic carbocycles. The van der Waals surface area contributed by atoms with Crippen LogP contribution in [0.5, 0.6) is 0 Å². The van der Waals surface area contributed by atoms with Crippen molar-refractivity contribution in [1.29, 1.82) is 0 Å². The Kier molecular flexibility index (Phi) is 4.08. The fourth-order valence-electron chi connectivity index (χ4n) is 2.30. The lowest BCUT2D eigenvalue weighted by molar-refractivity contribution is 0.962. The van der Waals surface area contributed by atoms with Gasteiger partial charge in [-0.1, -0.05) is 45.7 Å². The highest BCUT2D eigenvalue weighted by atomic mass is 79.9. The highest BCUT2D eigenvalue weighted by Gasteiger charge is 2.15. The fraction of sp³-hybridized carbons (Fsp3) is 0.125. The summed E-state index contributed by atoms with van der Waals surface area (Å²) in [6.07, 6.45) is 0. The SMILES string of the molecule is Cc1cc(Cl)cc(-c2nnc(CBr)n2-c2ccccc2)c1. The molecular weight excluding hydrogens is 350 g/mol. The van der Waals surface area contributed by atoms with E-state index in [9.17, 15) is 0 Å². The van der Waals surface area contributed by atoms with Crippen LogP contribution in [0, 0.1) is 6.92 Å². The average Bonchev–Trinajstić information content (AvgIpc) is 2.91. The third-order valence-electron chi connectivity index (χ3n) is 3.16. The predicted octanol–water partition coefficient (Wildman–Crippen LogP) is 4.79. The maximum absolute atomic E-state index is 6.17. The maximum Gasteiger partial charge on any atom is 0.168 e. The van der Waals surface area contributed by atoms with Gasteiger partial charge in [0.15, 0.2) is 5.82 Å². The van der Waals surface area contributed by atoms with Crippen molar-refractivity contribution in [1.82, 2.24) is 14.8 Å². The minimum absolute atomic E-state index is 0.633. The van der Waals surface area contributed by atoms with Crippen molar-refractivity contribution in [3.05, 3.63) is 64.9 Å². The Balaban J connectivity index is 2.22. The van der Waals surface area contributed by atoms with E-state index in [4.69, 9.17) is 11.6 Å². The summed E-state index contributed by atoms with van der Waals surface area (Å²) in [7, 11) is 0. The van der Waals surface area contributed by atoms with Crippen molar-refractivity contribution >= 4 is 27.5 Å². The summed E-state index contributed by atoms with van der Waals surface area (Å²) in [6, 6.07) is 16.0. The average molecular weight is 363 g/mol. The van der Waals surface area contributed by atoms with Crippen molar-refractivity contribution < 1.29 is 0 Å². The van der Waals surface area contributed by atoms with Crippen molar-refractivity contribution in [2.75, 3.05) is 0 Å². The van der Waals surface area contributed by atoms with Gasteiger partial charge in [-0.05, 0) is 42.8 Å². The first kappa shape index (κ1) is 14.3. The lowest BCUT2D eigenvalue weighted by Gasteiger charge is -2.10. The number of aryl methyl sites for hydroxylation is 1. The third kappa shape index (κ3) is 2.87. The zero-order valence-corrected chi connectivity index (χ0v) is 13.8. The maximum atomic E-state index is 6.17. The summed E-state index contributed by atoms with van der Waals surface area (Å²) in [5.74, 6) is 1.65. The first-order chi connectivity index (χ1) is 10.2. The molecule has 2 aromatic carbocycles. The topological polar surface area (TPSA) is 30.7 Å². The van der Waals surface area contributed by atoms with Crippen LogP contribution < -0.4 is 0 Å². The molecule has 0 amide bonds. The van der Waals surface area contributed by atoms with Crippen LogP contribution in [0.15, 0.2) is 48.5 Å². The molecule has 0 N–H and O–H groups in total. The molecule has 0 aliphatic rings. The van der Waals surface area contributed by atoms with Gasteiger partial charge >= 0.3 is 0 Å². The van der Waals surface area contributed by atoms with E-state index in [-0.39, 0.29) is 0 Å². The number of benzene rings is 2. The molecule has 1 heterocycles. The molecule has 0 aliphatic heterocycles. The van der Waals surface area contributed by atoms with Gasteiger partial charge in [0, 0.05) is 16.3 Å². The molecule has 0 radical (unpaired) electrons. The van der Waals surface area contributed by atoms with Crippen LogP contribution in [0.3, 0.4) is 0 Å². The molecule has 3 nitrogen and oxygen atoms in total. The molecule has 0 spiro atoms. The number of nitrogens with zero attached hydrogens (tertiary/aromatic N) is 3. The Morgan fingerprint density at radius 1 is 1.10 bits per heavy atom. The summed E-state index contributed by atoms with van der Waals surface area (Å²) >= 11 is 9.64. The highest BCUT2D eigenvalue weighted by molar-refractivity contribution is 9.08. The molecular formula is C16H13BrClN3. The van der Waals surface area contributed by atoms with Gasteiger partial charge in [-0.3, -0.25) is 4.57 Å². The standard InChI is InChI=1S/C16H13BrClN3/c1-11-7-12(9-13(18)8-11)16-20-19-15(10-17)21(16)14-5-3-2-4-6-14/h2-9H,10H2,1H3. The summed E-state index contributed by atoms with van der Waals surface area (Å²) in [4.78, 5) is 0. The van der Waals surface area contributed by atoms with Gasteiger partial charge in [0.25, 0.3) is 0 Å². The smallest absolute Gasteiger partial charge is 0.168 e. The summed E-state index contributed by atoms with van der Waals surface area (Å²) in [5.41, 5.74) is 3.09. The van der Waals surface area contributed by atoms with Gasteiger partial charge in [0.1, 0.15) is 5.82 Å². The number of aromatic nitrogens is 3. The third-order valence-corrected chi connectivity index (χ3v) is 3.88. The molecule has 0 unspecified atom stereocenters. The minimum atomic E-state index is 0.633. The number of rotatable bonds is 3. The van der Waals surface area contributed by atoms with E-state index in [0.717, 1.165) is 28.5 Å². The van der Waals surface area contributed by atoms with Gasteiger partial charge in [-0.2, -0.15) is 0 Å². The van der Waals surface area contributed by atoms with E-state index < -0.39 is 0 Å². The number of halogens is 2. The van der Waals surface area contributed by atoms with Gasteiger partial charge in [0.05, 0.1) is 5.33 Å². The number of para-hydroxylation sites is 1. The molecule has 0 bridgehead atoms. The summed E-state index contributed by atoms with van der Waals surface area (Å²) in [5, 5.41) is 9.95. The Labute approximate surface area is 136 Å². The summed E-state index contributed by atoms with van der Waals surface area (Å²) in [6.45, 7) is 2.02. The van der Waals surface area contributed by atoms with Crippen LogP contribution >= 0.6 is 27.5 Å². The number of hydrogen-bond acceptors (Lipinski definition) is 2.